The number of nitrogens with two attached hydrogens (primary N) is 1. The Balaban J connectivity index is 1.62. The maximum atomic E-state index is 14.4. The van der Waals surface area contributed by atoms with Crippen LogP contribution >= 0.6 is 0 Å². The molecule has 3 heterocycles. The number of nitrogen functional groups attached to an aromatic ring is 1. The summed E-state index contributed by atoms with van der Waals surface area (Å²) in [6.07, 6.45) is 3.61. The Morgan fingerprint density at radius 3 is 2.67 bits per heavy atom. The Morgan fingerprint density at radius 1 is 1.14 bits per heavy atom. The zero-order valence-electron chi connectivity index (χ0n) is 19.5. The van der Waals surface area contributed by atoms with Crippen LogP contribution in [-0.4, -0.2) is 45.4 Å². The molecule has 0 aliphatic carbocycles. The third-order valence-electron chi connectivity index (χ3n) is 6.33. The Morgan fingerprint density at radius 2 is 1.92 bits per heavy atom. The van der Waals surface area contributed by atoms with Gasteiger partial charge in [-0.25, -0.2) is 14.4 Å². The number of hydrogen-bond donors (Lipinski definition) is 2. The van der Waals surface area contributed by atoms with E-state index in [1.165, 1.54) is 18.5 Å². The SMILES string of the molecule is N#Cc1c(N)ncnc1NCCc1nc2ccc(F)cc2c(C(=O)N2CCCC2)c1-c1ccccc1. The molecule has 180 valence electrons. The van der Waals surface area contributed by atoms with Crippen molar-refractivity contribution in [1.29, 1.82) is 5.26 Å². The first-order chi connectivity index (χ1) is 17.6. The van der Waals surface area contributed by atoms with Crippen molar-refractivity contribution in [2.45, 2.75) is 19.3 Å². The number of fused-ring (bicyclic) bond motifs is 1. The van der Waals surface area contributed by atoms with E-state index in [4.69, 9.17) is 10.7 Å². The zero-order valence-corrected chi connectivity index (χ0v) is 19.5. The van der Waals surface area contributed by atoms with Crippen LogP contribution in [0.4, 0.5) is 16.0 Å². The summed E-state index contributed by atoms with van der Waals surface area (Å²) in [7, 11) is 0. The number of benzene rings is 2. The second-order valence-electron chi connectivity index (χ2n) is 8.61. The molecule has 1 amide bonds. The van der Waals surface area contributed by atoms with Crippen LogP contribution in [-0.2, 0) is 6.42 Å². The molecule has 1 aliphatic rings. The number of halogens is 1. The number of amides is 1. The first-order valence-corrected chi connectivity index (χ1v) is 11.8. The number of nitriles is 1. The number of carbonyl (C=O) groups excluding carboxylic acids is 1. The van der Waals surface area contributed by atoms with Gasteiger partial charge in [0.15, 0.2) is 0 Å². The lowest BCUT2D eigenvalue weighted by Crippen LogP contribution is -2.29. The molecule has 0 unspecified atom stereocenters. The van der Waals surface area contributed by atoms with E-state index in [0.717, 1.165) is 18.4 Å². The summed E-state index contributed by atoms with van der Waals surface area (Å²) in [5, 5.41) is 13.1. The van der Waals surface area contributed by atoms with E-state index in [-0.39, 0.29) is 17.3 Å². The van der Waals surface area contributed by atoms with Crippen molar-refractivity contribution in [1.82, 2.24) is 19.9 Å². The smallest absolute Gasteiger partial charge is 0.255 e. The monoisotopic (exact) mass is 481 g/mol. The fourth-order valence-electron chi connectivity index (χ4n) is 4.63. The summed E-state index contributed by atoms with van der Waals surface area (Å²) in [4.78, 5) is 28.5. The molecule has 4 aromatic rings. The van der Waals surface area contributed by atoms with Gasteiger partial charge in [-0.2, -0.15) is 5.26 Å². The lowest BCUT2D eigenvalue weighted by Gasteiger charge is -2.22. The largest absolute Gasteiger partial charge is 0.382 e. The summed E-state index contributed by atoms with van der Waals surface area (Å²) >= 11 is 0. The van der Waals surface area contributed by atoms with Crippen molar-refractivity contribution in [3.05, 3.63) is 77.5 Å². The number of pyridine rings is 1. The van der Waals surface area contributed by atoms with E-state index in [0.29, 0.717) is 59.6 Å². The van der Waals surface area contributed by atoms with Crippen LogP contribution in [0, 0.1) is 17.1 Å². The third kappa shape index (κ3) is 4.41. The first-order valence-electron chi connectivity index (χ1n) is 11.8. The minimum Gasteiger partial charge on any atom is -0.382 e. The lowest BCUT2D eigenvalue weighted by atomic mass is 9.92. The second kappa shape index (κ2) is 9.96. The predicted molar refractivity (Wildman–Crippen MR) is 136 cm³/mol. The zero-order chi connectivity index (χ0) is 25.1. The van der Waals surface area contributed by atoms with Gasteiger partial charge in [0.2, 0.25) is 0 Å². The topological polar surface area (TPSA) is 121 Å². The molecule has 0 atom stereocenters. The standard InChI is InChI=1S/C27H24FN7O/c28-18-8-9-21-19(14-18)24(27(36)35-12-4-5-13-35)23(17-6-2-1-3-7-17)22(34-21)10-11-31-26-20(15-29)25(30)32-16-33-26/h1-3,6-9,14,16H,4-5,10-13H2,(H3,30,31,32,33). The summed E-state index contributed by atoms with van der Waals surface area (Å²) in [5.74, 6) is -0.0979. The van der Waals surface area contributed by atoms with Gasteiger partial charge < -0.3 is 16.0 Å². The highest BCUT2D eigenvalue weighted by Gasteiger charge is 2.27. The van der Waals surface area contributed by atoms with E-state index in [1.807, 2.05) is 41.3 Å². The average Bonchev–Trinajstić information content (AvgIpc) is 3.43. The highest BCUT2D eigenvalue weighted by Crippen LogP contribution is 2.34. The molecular formula is C27H24FN7O. The lowest BCUT2D eigenvalue weighted by molar-refractivity contribution is 0.0795. The predicted octanol–water partition coefficient (Wildman–Crippen LogP) is 4.18. The number of aromatic nitrogens is 3. The van der Waals surface area contributed by atoms with Gasteiger partial charge >= 0.3 is 0 Å². The summed E-state index contributed by atoms with van der Waals surface area (Å²) in [5.41, 5.74) is 9.21. The average molecular weight is 482 g/mol. The van der Waals surface area contributed by atoms with Gasteiger partial charge in [-0.1, -0.05) is 30.3 Å². The maximum Gasteiger partial charge on any atom is 0.255 e. The Labute approximate surface area is 207 Å². The molecule has 1 aliphatic heterocycles. The van der Waals surface area contributed by atoms with Crippen molar-refractivity contribution in [2.75, 3.05) is 30.7 Å². The van der Waals surface area contributed by atoms with Crippen LogP contribution in [0.1, 0.15) is 34.5 Å². The first kappa shape index (κ1) is 23.2. The van der Waals surface area contributed by atoms with Gasteiger partial charge in [0, 0.05) is 37.0 Å². The quantitative estimate of drug-likeness (QED) is 0.424. The van der Waals surface area contributed by atoms with Crippen LogP contribution in [0.3, 0.4) is 0 Å². The van der Waals surface area contributed by atoms with E-state index < -0.39 is 5.82 Å². The minimum absolute atomic E-state index is 0.101. The number of nitrogens with zero attached hydrogens (tertiary/aromatic N) is 5. The molecule has 2 aromatic carbocycles. The van der Waals surface area contributed by atoms with Gasteiger partial charge in [-0.05, 0) is 36.6 Å². The molecule has 0 spiro atoms. The number of rotatable bonds is 6. The fourth-order valence-corrected chi connectivity index (χ4v) is 4.63. The minimum atomic E-state index is -0.418. The van der Waals surface area contributed by atoms with E-state index in [9.17, 15) is 14.4 Å². The molecule has 1 fully saturated rings. The van der Waals surface area contributed by atoms with E-state index in [1.54, 1.807) is 6.07 Å². The van der Waals surface area contributed by atoms with Crippen LogP contribution in [0.25, 0.3) is 22.0 Å². The third-order valence-corrected chi connectivity index (χ3v) is 6.33. The van der Waals surface area contributed by atoms with Crippen LogP contribution in [0.5, 0.6) is 0 Å². The van der Waals surface area contributed by atoms with Crippen molar-refractivity contribution in [2.24, 2.45) is 0 Å². The van der Waals surface area contributed by atoms with Crippen LogP contribution in [0.2, 0.25) is 0 Å². The van der Waals surface area contributed by atoms with Crippen LogP contribution in [0.15, 0.2) is 54.9 Å². The van der Waals surface area contributed by atoms with Gasteiger partial charge in [0.05, 0.1) is 16.8 Å². The molecule has 36 heavy (non-hydrogen) atoms. The summed E-state index contributed by atoms with van der Waals surface area (Å²) in [6, 6.07) is 15.9. The van der Waals surface area contributed by atoms with Gasteiger partial charge in [0.1, 0.15) is 35.4 Å². The number of anilines is 2. The molecular weight excluding hydrogens is 457 g/mol. The molecule has 9 heteroatoms. The molecule has 5 rings (SSSR count). The van der Waals surface area contributed by atoms with Gasteiger partial charge in [-0.15, -0.1) is 0 Å². The molecule has 0 bridgehead atoms. The van der Waals surface area contributed by atoms with Gasteiger partial charge in [0.25, 0.3) is 5.91 Å². The fraction of sp³-hybridized carbons (Fsp3) is 0.222. The summed E-state index contributed by atoms with van der Waals surface area (Å²) < 4.78 is 14.4. The normalized spacial score (nSPS) is 13.1. The van der Waals surface area contributed by atoms with Crippen molar-refractivity contribution in [3.63, 3.8) is 0 Å². The maximum absolute atomic E-state index is 14.4. The molecule has 0 saturated carbocycles. The molecule has 1 saturated heterocycles. The Kier molecular flexibility index (Phi) is 6.41. The second-order valence-corrected chi connectivity index (χ2v) is 8.61. The van der Waals surface area contributed by atoms with Crippen LogP contribution < -0.4 is 11.1 Å². The van der Waals surface area contributed by atoms with Crippen molar-refractivity contribution < 1.29 is 9.18 Å². The highest BCUT2D eigenvalue weighted by molar-refractivity contribution is 6.12. The van der Waals surface area contributed by atoms with E-state index >= 15 is 0 Å². The Hall–Kier alpha value is -4.58. The molecule has 8 nitrogen and oxygen atoms in total. The van der Waals surface area contributed by atoms with Crippen molar-refractivity contribution in [3.8, 4) is 17.2 Å². The summed E-state index contributed by atoms with van der Waals surface area (Å²) in [6.45, 7) is 1.73. The molecule has 3 N–H and O–H groups in total. The van der Waals surface area contributed by atoms with Gasteiger partial charge in [-0.3, -0.25) is 9.78 Å². The number of carbonyl (C=O) groups is 1. The Bertz CT molecular complexity index is 1480. The molecule has 2 aromatic heterocycles. The van der Waals surface area contributed by atoms with E-state index in [2.05, 4.69) is 15.3 Å². The highest BCUT2D eigenvalue weighted by atomic mass is 19.1. The molecule has 0 radical (unpaired) electrons. The number of nitrogens with one attached hydrogen (secondary N) is 1. The van der Waals surface area contributed by atoms with Crippen molar-refractivity contribution >= 4 is 28.4 Å². The number of hydrogen-bond acceptors (Lipinski definition) is 7. The number of likely N-dealkylation sites (tertiary alicyclic amines) is 1.